The summed E-state index contributed by atoms with van der Waals surface area (Å²) in [6.07, 6.45) is 5.27. The highest BCUT2D eigenvalue weighted by atomic mass is 19.1. The number of carbonyl (C=O) groups is 1. The predicted octanol–water partition coefficient (Wildman–Crippen LogP) is 3.40. The summed E-state index contributed by atoms with van der Waals surface area (Å²) in [5, 5.41) is 7.21. The Balaban J connectivity index is 1.36. The van der Waals surface area contributed by atoms with Crippen LogP contribution in [0.4, 0.5) is 9.18 Å². The molecule has 3 aromatic rings. The van der Waals surface area contributed by atoms with Crippen LogP contribution in [0.3, 0.4) is 0 Å². The van der Waals surface area contributed by atoms with Crippen molar-refractivity contribution in [3.63, 3.8) is 0 Å². The number of halogens is 1. The Morgan fingerprint density at radius 2 is 2.07 bits per heavy atom. The van der Waals surface area contributed by atoms with E-state index in [-0.39, 0.29) is 18.4 Å². The van der Waals surface area contributed by atoms with Gasteiger partial charge < -0.3 is 15.0 Å². The first-order valence-electron chi connectivity index (χ1n) is 9.49. The minimum atomic E-state index is -0.317. The zero-order chi connectivity index (χ0) is 20.2. The number of benzene rings is 1. The largest absolute Gasteiger partial charge is 0.457 e. The fourth-order valence-corrected chi connectivity index (χ4v) is 3.39. The topological polar surface area (TPSA) is 72.3 Å². The number of ether oxygens (including phenoxy) is 1. The van der Waals surface area contributed by atoms with Crippen molar-refractivity contribution in [1.29, 1.82) is 0 Å². The average Bonchev–Trinajstić information content (AvgIpc) is 2.94. The Bertz CT molecular complexity index is 1000. The molecule has 0 spiro atoms. The molecule has 1 aliphatic heterocycles. The van der Waals surface area contributed by atoms with E-state index in [0.29, 0.717) is 30.3 Å². The molecule has 0 radical (unpaired) electrons. The number of aromatic nitrogens is 3. The number of rotatable bonds is 4. The molecule has 4 rings (SSSR count). The molecule has 8 heteroatoms. The highest BCUT2D eigenvalue weighted by Crippen LogP contribution is 2.22. The van der Waals surface area contributed by atoms with E-state index < -0.39 is 0 Å². The Kier molecular flexibility index (Phi) is 5.41. The quantitative estimate of drug-likeness (QED) is 0.735. The van der Waals surface area contributed by atoms with Gasteiger partial charge in [-0.25, -0.2) is 9.18 Å². The molecule has 0 saturated heterocycles. The maximum Gasteiger partial charge on any atom is 0.318 e. The van der Waals surface area contributed by atoms with E-state index >= 15 is 0 Å². The van der Waals surface area contributed by atoms with Gasteiger partial charge in [0, 0.05) is 37.1 Å². The summed E-state index contributed by atoms with van der Waals surface area (Å²) in [6.45, 7) is 1.54. The zero-order valence-corrected chi connectivity index (χ0v) is 16.1. The average molecular weight is 395 g/mol. The minimum absolute atomic E-state index is 0.131. The van der Waals surface area contributed by atoms with E-state index in [1.165, 1.54) is 17.8 Å². The second-order valence-corrected chi connectivity index (χ2v) is 6.96. The van der Waals surface area contributed by atoms with E-state index in [9.17, 15) is 9.18 Å². The molecule has 150 valence electrons. The van der Waals surface area contributed by atoms with E-state index in [1.54, 1.807) is 35.4 Å². The lowest BCUT2D eigenvalue weighted by Gasteiger charge is -2.20. The van der Waals surface area contributed by atoms with Crippen LogP contribution in [-0.4, -0.2) is 32.2 Å². The minimum Gasteiger partial charge on any atom is -0.457 e. The van der Waals surface area contributed by atoms with Crippen LogP contribution in [0.15, 0.2) is 48.8 Å². The number of fused-ring (bicyclic) bond motifs is 1. The van der Waals surface area contributed by atoms with Gasteiger partial charge in [0.15, 0.2) is 0 Å². The molecule has 0 saturated carbocycles. The lowest BCUT2D eigenvalue weighted by Crippen LogP contribution is -2.39. The Morgan fingerprint density at radius 3 is 2.90 bits per heavy atom. The van der Waals surface area contributed by atoms with Crippen molar-refractivity contribution < 1.29 is 13.9 Å². The van der Waals surface area contributed by atoms with Gasteiger partial charge >= 0.3 is 6.03 Å². The molecular formula is C21H22FN5O2. The highest BCUT2D eigenvalue weighted by molar-refractivity contribution is 5.74. The number of amides is 2. The first kappa shape index (κ1) is 18.9. The summed E-state index contributed by atoms with van der Waals surface area (Å²) in [6, 6.07) is 9.14. The second kappa shape index (κ2) is 8.30. The number of nitrogens with one attached hydrogen (secondary N) is 1. The van der Waals surface area contributed by atoms with Crippen LogP contribution in [0.2, 0.25) is 0 Å². The van der Waals surface area contributed by atoms with Crippen molar-refractivity contribution in [3.05, 3.63) is 71.6 Å². The summed E-state index contributed by atoms with van der Waals surface area (Å²) >= 11 is 0. The third-order valence-corrected chi connectivity index (χ3v) is 4.90. The standard InChI is InChI=1S/C21H22FN5O2/c1-26-20-3-2-10-27(14-15(20)12-25-26)21(28)24-13-17-11-19(8-9-23-17)29-18-6-4-16(22)5-7-18/h4-9,11-12H,2-3,10,13-14H2,1H3,(H,24,28). The van der Waals surface area contributed by atoms with Crippen molar-refractivity contribution in [2.24, 2.45) is 7.05 Å². The normalized spacial score (nSPS) is 13.5. The number of aryl methyl sites for hydroxylation is 1. The van der Waals surface area contributed by atoms with E-state index in [2.05, 4.69) is 15.4 Å². The van der Waals surface area contributed by atoms with Gasteiger partial charge in [-0.05, 0) is 43.2 Å². The highest BCUT2D eigenvalue weighted by Gasteiger charge is 2.21. The zero-order valence-electron chi connectivity index (χ0n) is 16.1. The molecule has 1 aromatic carbocycles. The monoisotopic (exact) mass is 395 g/mol. The van der Waals surface area contributed by atoms with Crippen LogP contribution >= 0.6 is 0 Å². The van der Waals surface area contributed by atoms with Crippen LogP contribution in [0.25, 0.3) is 0 Å². The number of hydrogen-bond donors (Lipinski definition) is 1. The van der Waals surface area contributed by atoms with Gasteiger partial charge in [0.25, 0.3) is 0 Å². The molecule has 3 heterocycles. The van der Waals surface area contributed by atoms with Crippen LogP contribution in [0, 0.1) is 5.82 Å². The number of urea groups is 1. The summed E-state index contributed by atoms with van der Waals surface area (Å²) in [4.78, 5) is 18.7. The van der Waals surface area contributed by atoms with Gasteiger partial charge in [-0.3, -0.25) is 9.67 Å². The number of carbonyl (C=O) groups excluding carboxylic acids is 1. The third kappa shape index (κ3) is 4.53. The van der Waals surface area contributed by atoms with Crippen LogP contribution in [-0.2, 0) is 26.6 Å². The molecule has 2 amide bonds. The molecule has 0 fully saturated rings. The summed E-state index contributed by atoms with van der Waals surface area (Å²) in [5.41, 5.74) is 2.95. The van der Waals surface area contributed by atoms with E-state index in [4.69, 9.17) is 4.74 Å². The fourth-order valence-electron chi connectivity index (χ4n) is 3.39. The number of hydrogen-bond acceptors (Lipinski definition) is 4. The van der Waals surface area contributed by atoms with Crippen LogP contribution in [0.1, 0.15) is 23.4 Å². The first-order valence-corrected chi connectivity index (χ1v) is 9.49. The smallest absolute Gasteiger partial charge is 0.318 e. The maximum absolute atomic E-state index is 13.0. The molecular weight excluding hydrogens is 373 g/mol. The van der Waals surface area contributed by atoms with Crippen LogP contribution in [0.5, 0.6) is 11.5 Å². The molecule has 1 N–H and O–H groups in total. The first-order chi connectivity index (χ1) is 14.1. The molecule has 0 bridgehead atoms. The number of nitrogens with zero attached hydrogens (tertiary/aromatic N) is 4. The molecule has 0 aliphatic carbocycles. The molecule has 7 nitrogen and oxygen atoms in total. The molecule has 0 atom stereocenters. The van der Waals surface area contributed by atoms with Crippen molar-refractivity contribution in [2.45, 2.75) is 25.9 Å². The van der Waals surface area contributed by atoms with Crippen molar-refractivity contribution in [3.8, 4) is 11.5 Å². The van der Waals surface area contributed by atoms with Gasteiger partial charge in [-0.2, -0.15) is 5.10 Å². The Labute approximate surface area is 168 Å². The molecule has 29 heavy (non-hydrogen) atoms. The summed E-state index contributed by atoms with van der Waals surface area (Å²) in [7, 11) is 1.93. The lowest BCUT2D eigenvalue weighted by atomic mass is 10.2. The van der Waals surface area contributed by atoms with Gasteiger partial charge in [0.1, 0.15) is 17.3 Å². The predicted molar refractivity (Wildman–Crippen MR) is 105 cm³/mol. The van der Waals surface area contributed by atoms with Gasteiger partial charge in [0.05, 0.1) is 25.0 Å². The second-order valence-electron chi connectivity index (χ2n) is 6.96. The molecule has 2 aromatic heterocycles. The summed E-state index contributed by atoms with van der Waals surface area (Å²) < 4.78 is 20.6. The van der Waals surface area contributed by atoms with Gasteiger partial charge in [-0.1, -0.05) is 0 Å². The third-order valence-electron chi connectivity index (χ3n) is 4.90. The fraction of sp³-hybridized carbons (Fsp3) is 0.286. The van der Waals surface area contributed by atoms with Crippen molar-refractivity contribution in [2.75, 3.05) is 6.54 Å². The Morgan fingerprint density at radius 1 is 1.24 bits per heavy atom. The Hall–Kier alpha value is -3.42. The van der Waals surface area contributed by atoms with E-state index in [1.807, 2.05) is 17.9 Å². The van der Waals surface area contributed by atoms with E-state index in [0.717, 1.165) is 18.4 Å². The van der Waals surface area contributed by atoms with Gasteiger partial charge in [0.2, 0.25) is 0 Å². The van der Waals surface area contributed by atoms with Crippen LogP contribution < -0.4 is 10.1 Å². The van der Waals surface area contributed by atoms with Crippen molar-refractivity contribution in [1.82, 2.24) is 25.0 Å². The molecule has 1 aliphatic rings. The SMILES string of the molecule is Cn1ncc2c1CCCN(C(=O)NCc1cc(Oc3ccc(F)cc3)ccn1)C2. The summed E-state index contributed by atoms with van der Waals surface area (Å²) in [5.74, 6) is 0.789. The van der Waals surface area contributed by atoms with Gasteiger partial charge in [-0.15, -0.1) is 0 Å². The maximum atomic E-state index is 13.0. The number of pyridine rings is 1. The van der Waals surface area contributed by atoms with Crippen molar-refractivity contribution >= 4 is 6.03 Å². The lowest BCUT2D eigenvalue weighted by molar-refractivity contribution is 0.195. The molecule has 0 unspecified atom stereocenters.